The molecule has 5 heteroatoms. The second kappa shape index (κ2) is 4.77. The quantitative estimate of drug-likeness (QED) is 0.893. The van der Waals surface area contributed by atoms with Gasteiger partial charge in [0, 0.05) is 10.5 Å². The minimum Gasteiger partial charge on any atom is -0.481 e. The van der Waals surface area contributed by atoms with Crippen molar-refractivity contribution in [2.75, 3.05) is 0 Å². The number of carboxylic acids is 1. The number of carbonyl (C=O) groups is 1. The summed E-state index contributed by atoms with van der Waals surface area (Å²) in [5.74, 6) is -0.937. The van der Waals surface area contributed by atoms with Crippen LogP contribution in [0.1, 0.15) is 18.0 Å². The summed E-state index contributed by atoms with van der Waals surface area (Å²) in [5, 5.41) is 9.04. The molecule has 14 heavy (non-hydrogen) atoms. The van der Waals surface area contributed by atoms with Gasteiger partial charge in [0.25, 0.3) is 0 Å². The molecule has 1 aromatic carbocycles. The fourth-order valence-corrected chi connectivity index (χ4v) is 1.75. The van der Waals surface area contributed by atoms with E-state index in [1.165, 1.54) is 0 Å². The van der Waals surface area contributed by atoms with Crippen LogP contribution in [-0.2, 0) is 4.79 Å². The molecule has 1 aromatic rings. The van der Waals surface area contributed by atoms with Crippen molar-refractivity contribution < 1.29 is 9.90 Å². The molecule has 0 aromatic heterocycles. The molecule has 76 valence electrons. The number of nitrogens with two attached hydrogens (primary N) is 1. The molecule has 0 spiro atoms. The lowest BCUT2D eigenvalue weighted by Crippen LogP contribution is -2.15. The molecule has 0 aliphatic rings. The fraction of sp³-hybridized carbons (Fsp3) is 0.222. The van der Waals surface area contributed by atoms with Crippen LogP contribution in [0.15, 0.2) is 22.7 Å². The highest BCUT2D eigenvalue weighted by atomic mass is 79.9. The Balaban J connectivity index is 2.95. The van der Waals surface area contributed by atoms with Gasteiger partial charge in [0.2, 0.25) is 0 Å². The van der Waals surface area contributed by atoms with Crippen LogP contribution in [0.4, 0.5) is 0 Å². The molecule has 0 bridgehead atoms. The van der Waals surface area contributed by atoms with Gasteiger partial charge in [-0.25, -0.2) is 0 Å². The molecule has 0 saturated carbocycles. The molecular weight excluding hydrogens is 269 g/mol. The maximum absolute atomic E-state index is 10.4. The van der Waals surface area contributed by atoms with Crippen molar-refractivity contribution in [1.82, 2.24) is 0 Å². The van der Waals surface area contributed by atoms with Crippen LogP contribution in [0, 0.1) is 0 Å². The minimum absolute atomic E-state index is 0.129. The van der Waals surface area contributed by atoms with Gasteiger partial charge in [-0.05, 0) is 27.6 Å². The van der Waals surface area contributed by atoms with Gasteiger partial charge in [-0.1, -0.05) is 23.7 Å². The van der Waals surface area contributed by atoms with Crippen LogP contribution >= 0.6 is 27.5 Å². The van der Waals surface area contributed by atoms with Gasteiger partial charge in [-0.2, -0.15) is 0 Å². The van der Waals surface area contributed by atoms with Crippen LogP contribution in [0.2, 0.25) is 5.02 Å². The summed E-state index contributed by atoms with van der Waals surface area (Å²) in [4.78, 5) is 10.4. The van der Waals surface area contributed by atoms with Crippen LogP contribution < -0.4 is 5.73 Å². The number of hydrogen-bond donors (Lipinski definition) is 2. The molecule has 0 radical (unpaired) electrons. The third kappa shape index (κ3) is 2.70. The predicted octanol–water partition coefficient (Wildman–Crippen LogP) is 2.58. The Morgan fingerprint density at radius 1 is 1.64 bits per heavy atom. The number of rotatable bonds is 3. The topological polar surface area (TPSA) is 63.3 Å². The number of aliphatic carboxylic acids is 1. The maximum atomic E-state index is 10.4. The molecule has 0 aliphatic carbocycles. The van der Waals surface area contributed by atoms with Gasteiger partial charge in [-0.3, -0.25) is 4.79 Å². The lowest BCUT2D eigenvalue weighted by molar-refractivity contribution is -0.137. The van der Waals surface area contributed by atoms with Gasteiger partial charge < -0.3 is 10.8 Å². The summed E-state index contributed by atoms with van der Waals surface area (Å²) in [7, 11) is 0. The first-order valence-corrected chi connectivity index (χ1v) is 5.10. The van der Waals surface area contributed by atoms with Gasteiger partial charge >= 0.3 is 5.97 Å². The summed E-state index contributed by atoms with van der Waals surface area (Å²) in [5.41, 5.74) is 6.32. The zero-order chi connectivity index (χ0) is 10.7. The van der Waals surface area contributed by atoms with Crippen LogP contribution in [-0.4, -0.2) is 11.1 Å². The van der Waals surface area contributed by atoms with E-state index in [4.69, 9.17) is 22.4 Å². The molecule has 3 N–H and O–H groups in total. The standard InChI is InChI=1S/C9H9BrClNO2/c10-6-3-1-2-5(9(6)11)7(12)4-8(13)14/h1-3,7H,4,12H2,(H,13,14). The molecule has 0 fully saturated rings. The number of carboxylic acid groups (broad SMARTS) is 1. The molecule has 0 aliphatic heterocycles. The van der Waals surface area contributed by atoms with E-state index >= 15 is 0 Å². The monoisotopic (exact) mass is 277 g/mol. The molecule has 0 saturated heterocycles. The van der Waals surface area contributed by atoms with Crippen LogP contribution in [0.5, 0.6) is 0 Å². The summed E-state index contributed by atoms with van der Waals surface area (Å²) in [6.45, 7) is 0. The van der Waals surface area contributed by atoms with Crippen molar-refractivity contribution in [2.24, 2.45) is 5.73 Å². The van der Waals surface area contributed by atoms with Crippen molar-refractivity contribution in [3.05, 3.63) is 33.3 Å². The summed E-state index contributed by atoms with van der Waals surface area (Å²) in [6.07, 6.45) is -0.129. The van der Waals surface area contributed by atoms with Crippen molar-refractivity contribution in [2.45, 2.75) is 12.5 Å². The average Bonchev–Trinajstić information content (AvgIpc) is 2.08. The maximum Gasteiger partial charge on any atom is 0.305 e. The molecular formula is C9H9BrClNO2. The molecule has 0 heterocycles. The molecule has 1 rings (SSSR count). The zero-order valence-corrected chi connectivity index (χ0v) is 9.55. The van der Waals surface area contributed by atoms with E-state index in [-0.39, 0.29) is 6.42 Å². The van der Waals surface area contributed by atoms with Crippen molar-refractivity contribution >= 4 is 33.5 Å². The van der Waals surface area contributed by atoms with Crippen molar-refractivity contribution in [1.29, 1.82) is 0 Å². The third-order valence-electron chi connectivity index (χ3n) is 1.78. The van der Waals surface area contributed by atoms with Crippen molar-refractivity contribution in [3.63, 3.8) is 0 Å². The lowest BCUT2D eigenvalue weighted by atomic mass is 10.1. The second-order valence-corrected chi connectivity index (χ2v) is 4.08. The smallest absolute Gasteiger partial charge is 0.305 e. The van der Waals surface area contributed by atoms with Gasteiger partial charge in [0.1, 0.15) is 0 Å². The first kappa shape index (κ1) is 11.5. The largest absolute Gasteiger partial charge is 0.481 e. The SMILES string of the molecule is NC(CC(=O)O)c1cccc(Br)c1Cl. The van der Waals surface area contributed by atoms with Crippen LogP contribution in [0.3, 0.4) is 0 Å². The number of halogens is 2. The van der Waals surface area contributed by atoms with E-state index < -0.39 is 12.0 Å². The normalized spacial score (nSPS) is 12.5. The first-order valence-electron chi connectivity index (χ1n) is 3.93. The number of benzene rings is 1. The predicted molar refractivity (Wildman–Crippen MR) is 58.3 cm³/mol. The van der Waals surface area contributed by atoms with E-state index in [0.29, 0.717) is 10.6 Å². The Morgan fingerprint density at radius 3 is 2.86 bits per heavy atom. The van der Waals surface area contributed by atoms with E-state index in [1.807, 2.05) is 0 Å². The third-order valence-corrected chi connectivity index (χ3v) is 3.09. The summed E-state index contributed by atoms with van der Waals surface area (Å²) in [6, 6.07) is 4.70. The second-order valence-electron chi connectivity index (χ2n) is 2.85. The Morgan fingerprint density at radius 2 is 2.29 bits per heavy atom. The molecule has 1 unspecified atom stereocenters. The Kier molecular flexibility index (Phi) is 3.92. The van der Waals surface area contributed by atoms with Crippen LogP contribution in [0.25, 0.3) is 0 Å². The summed E-state index contributed by atoms with van der Waals surface area (Å²) < 4.78 is 0.720. The minimum atomic E-state index is -0.937. The highest BCUT2D eigenvalue weighted by molar-refractivity contribution is 9.10. The highest BCUT2D eigenvalue weighted by Gasteiger charge is 2.14. The average molecular weight is 279 g/mol. The van der Waals surface area contributed by atoms with Gasteiger partial charge in [-0.15, -0.1) is 0 Å². The lowest BCUT2D eigenvalue weighted by Gasteiger charge is -2.11. The number of hydrogen-bond acceptors (Lipinski definition) is 2. The van der Waals surface area contributed by atoms with E-state index in [1.54, 1.807) is 18.2 Å². The molecule has 1 atom stereocenters. The molecule has 3 nitrogen and oxygen atoms in total. The first-order chi connectivity index (χ1) is 6.52. The van der Waals surface area contributed by atoms with Gasteiger partial charge in [0.15, 0.2) is 0 Å². The Hall–Kier alpha value is -0.580. The zero-order valence-electron chi connectivity index (χ0n) is 7.21. The van der Waals surface area contributed by atoms with Gasteiger partial charge in [0.05, 0.1) is 11.4 Å². The summed E-state index contributed by atoms with van der Waals surface area (Å²) >= 11 is 9.20. The highest BCUT2D eigenvalue weighted by Crippen LogP contribution is 2.30. The van der Waals surface area contributed by atoms with E-state index in [0.717, 1.165) is 4.47 Å². The Labute approximate surface area is 95.0 Å². The Bertz CT molecular complexity index is 357. The van der Waals surface area contributed by atoms with E-state index in [2.05, 4.69) is 15.9 Å². The van der Waals surface area contributed by atoms with Crippen molar-refractivity contribution in [3.8, 4) is 0 Å². The molecule has 0 amide bonds. The van der Waals surface area contributed by atoms with E-state index in [9.17, 15) is 4.79 Å². The fourth-order valence-electron chi connectivity index (χ4n) is 1.10.